The molecule has 1 saturated heterocycles. The first-order valence-electron chi connectivity index (χ1n) is 13.9. The molecule has 40 heavy (non-hydrogen) atoms. The number of nitrogens with zero attached hydrogens (tertiary/aromatic N) is 3. The molecule has 1 aliphatic heterocycles. The number of aryl methyl sites for hydroxylation is 1. The Hall–Kier alpha value is -3.71. The largest absolute Gasteiger partial charge is 0.444 e. The molecule has 3 atom stereocenters. The quantitative estimate of drug-likeness (QED) is 0.282. The molecular weight excluding hydrogens is 505 g/mol. The molecule has 0 spiro atoms. The molecule has 3 aromatic carbocycles. The van der Waals surface area contributed by atoms with E-state index in [4.69, 9.17) is 9.47 Å². The lowest BCUT2D eigenvalue weighted by atomic mass is 9.72. The summed E-state index contributed by atoms with van der Waals surface area (Å²) in [5, 5.41) is 5.65. The van der Waals surface area contributed by atoms with Crippen LogP contribution in [0.2, 0.25) is 0 Å². The summed E-state index contributed by atoms with van der Waals surface area (Å²) in [5.41, 5.74) is 3.94. The number of halogens is 1. The van der Waals surface area contributed by atoms with Crippen molar-refractivity contribution in [2.24, 2.45) is 5.92 Å². The van der Waals surface area contributed by atoms with Crippen molar-refractivity contribution >= 4 is 17.0 Å². The van der Waals surface area contributed by atoms with Crippen molar-refractivity contribution in [2.75, 3.05) is 20.2 Å². The minimum Gasteiger partial charge on any atom is -0.444 e. The molecule has 4 aromatic rings. The van der Waals surface area contributed by atoms with E-state index in [-0.39, 0.29) is 23.2 Å². The van der Waals surface area contributed by atoms with E-state index in [9.17, 15) is 9.18 Å². The van der Waals surface area contributed by atoms with Crippen molar-refractivity contribution in [2.45, 2.75) is 57.2 Å². The summed E-state index contributed by atoms with van der Waals surface area (Å²) in [6.45, 7) is 9.01. The molecule has 208 valence electrons. The molecule has 1 aliphatic carbocycles. The zero-order chi connectivity index (χ0) is 28.3. The van der Waals surface area contributed by atoms with Crippen molar-refractivity contribution in [1.82, 2.24) is 14.7 Å². The van der Waals surface area contributed by atoms with Crippen LogP contribution in [0, 0.1) is 18.7 Å². The number of ether oxygens (including phenoxy) is 2. The molecule has 6 rings (SSSR count). The molecule has 6 nitrogen and oxygen atoms in total. The van der Waals surface area contributed by atoms with Gasteiger partial charge in [0.25, 0.3) is 0 Å². The molecule has 0 radical (unpaired) electrons. The van der Waals surface area contributed by atoms with Gasteiger partial charge in [0, 0.05) is 31.0 Å². The normalized spacial score (nSPS) is 24.4. The number of benzene rings is 3. The second-order valence-corrected chi connectivity index (χ2v) is 12.4. The fourth-order valence-electron chi connectivity index (χ4n) is 7.02. The first-order valence-corrected chi connectivity index (χ1v) is 13.9. The molecule has 0 bridgehead atoms. The van der Waals surface area contributed by atoms with Crippen molar-refractivity contribution in [3.63, 3.8) is 0 Å². The van der Waals surface area contributed by atoms with Crippen molar-refractivity contribution in [3.8, 4) is 5.69 Å². The Kier molecular flexibility index (Phi) is 6.26. The maximum absolute atomic E-state index is 13.6. The van der Waals surface area contributed by atoms with E-state index in [0.29, 0.717) is 13.1 Å². The standard InChI is InChI=1S/C33H36FN3O3/c1-22-15-29-23(18-35-37(29)27-13-11-26(34)12-14-27)16-28(22)32-20-33(39-5,24-9-7-6-8-10-24)17-25(32)19-36(21-32)30(38)40-31(2,3)4/h6-16,18,25H,17,19-21H2,1-5H3. The van der Waals surface area contributed by atoms with Crippen LogP contribution in [0.15, 0.2) is 72.9 Å². The summed E-state index contributed by atoms with van der Waals surface area (Å²) >= 11 is 0. The first kappa shape index (κ1) is 26.5. The van der Waals surface area contributed by atoms with Crippen LogP contribution >= 0.6 is 0 Å². The van der Waals surface area contributed by atoms with Gasteiger partial charge in [-0.3, -0.25) is 0 Å². The molecule has 2 fully saturated rings. The molecule has 7 heteroatoms. The van der Waals surface area contributed by atoms with Crippen LogP contribution in [0.1, 0.15) is 50.3 Å². The van der Waals surface area contributed by atoms with E-state index in [1.54, 1.807) is 19.2 Å². The molecule has 2 aliphatic rings. The highest BCUT2D eigenvalue weighted by molar-refractivity contribution is 5.83. The van der Waals surface area contributed by atoms with Gasteiger partial charge in [0.05, 0.1) is 23.0 Å². The molecule has 2 heterocycles. The van der Waals surface area contributed by atoms with Gasteiger partial charge >= 0.3 is 6.09 Å². The smallest absolute Gasteiger partial charge is 0.410 e. The number of likely N-dealkylation sites (tertiary alicyclic amines) is 1. The Labute approximate surface area is 234 Å². The predicted octanol–water partition coefficient (Wildman–Crippen LogP) is 6.91. The Morgan fingerprint density at radius 1 is 1.07 bits per heavy atom. The number of hydrogen-bond acceptors (Lipinski definition) is 4. The zero-order valence-corrected chi connectivity index (χ0v) is 23.8. The third-order valence-electron chi connectivity index (χ3n) is 8.74. The lowest BCUT2D eigenvalue weighted by molar-refractivity contribution is -0.0219. The summed E-state index contributed by atoms with van der Waals surface area (Å²) in [5.74, 6) is -0.0932. The average molecular weight is 542 g/mol. The molecular formula is C33H36FN3O3. The first-order chi connectivity index (χ1) is 19.0. The minimum absolute atomic E-state index is 0.184. The SMILES string of the molecule is COC1(c2ccccc2)CC2CN(C(=O)OC(C)(C)C)CC2(c2cc3cnn(-c4ccc(F)cc4)c3cc2C)C1. The van der Waals surface area contributed by atoms with Crippen LogP contribution in [0.3, 0.4) is 0 Å². The lowest BCUT2D eigenvalue weighted by Gasteiger charge is -2.35. The summed E-state index contributed by atoms with van der Waals surface area (Å²) < 4.78 is 27.6. The van der Waals surface area contributed by atoms with Crippen molar-refractivity contribution in [3.05, 3.63) is 95.4 Å². The number of methoxy groups -OCH3 is 1. The Bertz CT molecular complexity index is 1560. The zero-order valence-electron chi connectivity index (χ0n) is 23.8. The van der Waals surface area contributed by atoms with Crippen LogP contribution in [-0.4, -0.2) is 46.6 Å². The number of amides is 1. The van der Waals surface area contributed by atoms with Crippen LogP contribution in [0.25, 0.3) is 16.6 Å². The second-order valence-electron chi connectivity index (χ2n) is 12.4. The highest BCUT2D eigenvalue weighted by Crippen LogP contribution is 2.60. The second kappa shape index (κ2) is 9.44. The fourth-order valence-corrected chi connectivity index (χ4v) is 7.02. The van der Waals surface area contributed by atoms with Gasteiger partial charge in [0.15, 0.2) is 0 Å². The number of rotatable bonds is 4. The van der Waals surface area contributed by atoms with Crippen molar-refractivity contribution in [1.29, 1.82) is 0 Å². The van der Waals surface area contributed by atoms with E-state index < -0.39 is 11.2 Å². The summed E-state index contributed by atoms with van der Waals surface area (Å²) in [6, 6.07) is 21.2. The van der Waals surface area contributed by atoms with Gasteiger partial charge < -0.3 is 14.4 Å². The average Bonchev–Trinajstić information content (AvgIpc) is 3.58. The fraction of sp³-hybridized carbons (Fsp3) is 0.394. The van der Waals surface area contributed by atoms with E-state index in [2.05, 4.69) is 48.4 Å². The maximum atomic E-state index is 13.6. The Morgan fingerprint density at radius 2 is 1.80 bits per heavy atom. The van der Waals surface area contributed by atoms with Gasteiger partial charge in [-0.1, -0.05) is 30.3 Å². The van der Waals surface area contributed by atoms with Gasteiger partial charge in [-0.2, -0.15) is 5.10 Å². The lowest BCUT2D eigenvalue weighted by Crippen LogP contribution is -2.40. The van der Waals surface area contributed by atoms with Gasteiger partial charge in [-0.15, -0.1) is 0 Å². The highest BCUT2D eigenvalue weighted by Gasteiger charge is 2.61. The van der Waals surface area contributed by atoms with Crippen LogP contribution in [0.4, 0.5) is 9.18 Å². The predicted molar refractivity (Wildman–Crippen MR) is 153 cm³/mol. The minimum atomic E-state index is -0.563. The molecule has 3 unspecified atom stereocenters. The summed E-state index contributed by atoms with van der Waals surface area (Å²) in [4.78, 5) is 15.2. The number of carbonyl (C=O) groups is 1. The Balaban J connectivity index is 1.45. The molecule has 1 amide bonds. The highest BCUT2D eigenvalue weighted by atomic mass is 19.1. The van der Waals surface area contributed by atoms with E-state index in [0.717, 1.165) is 40.6 Å². The van der Waals surface area contributed by atoms with Gasteiger partial charge in [0.2, 0.25) is 0 Å². The third kappa shape index (κ3) is 4.37. The van der Waals surface area contributed by atoms with Crippen molar-refractivity contribution < 1.29 is 18.7 Å². The monoisotopic (exact) mass is 541 g/mol. The maximum Gasteiger partial charge on any atom is 0.410 e. The number of fused-ring (bicyclic) bond motifs is 2. The number of hydrogen-bond donors (Lipinski definition) is 0. The van der Waals surface area contributed by atoms with E-state index in [1.165, 1.54) is 17.7 Å². The molecule has 0 N–H and O–H groups in total. The van der Waals surface area contributed by atoms with Crippen LogP contribution in [0.5, 0.6) is 0 Å². The van der Waals surface area contributed by atoms with E-state index in [1.807, 2.05) is 42.6 Å². The summed E-state index contributed by atoms with van der Waals surface area (Å²) in [7, 11) is 1.80. The van der Waals surface area contributed by atoms with Crippen LogP contribution < -0.4 is 0 Å². The summed E-state index contributed by atoms with van der Waals surface area (Å²) in [6.07, 6.45) is 3.15. The third-order valence-corrected chi connectivity index (χ3v) is 8.74. The number of carbonyl (C=O) groups excluding carboxylic acids is 1. The Morgan fingerprint density at radius 3 is 2.48 bits per heavy atom. The van der Waals surface area contributed by atoms with Gasteiger partial charge in [-0.25, -0.2) is 13.9 Å². The van der Waals surface area contributed by atoms with E-state index >= 15 is 0 Å². The van der Waals surface area contributed by atoms with Crippen LogP contribution in [-0.2, 0) is 20.5 Å². The molecule has 1 saturated carbocycles. The van der Waals surface area contributed by atoms with Gasteiger partial charge in [-0.05, 0) is 99.5 Å². The number of aromatic nitrogens is 2. The topological polar surface area (TPSA) is 56.6 Å². The molecule has 1 aromatic heterocycles. The van der Waals surface area contributed by atoms with Gasteiger partial charge in [0.1, 0.15) is 11.4 Å².